The van der Waals surface area contributed by atoms with Gasteiger partial charge in [0.25, 0.3) is 0 Å². The number of benzene rings is 2. The summed E-state index contributed by atoms with van der Waals surface area (Å²) in [6.45, 7) is 11.5. The summed E-state index contributed by atoms with van der Waals surface area (Å²) in [6.07, 6.45) is 6.76. The Morgan fingerprint density at radius 3 is 2.54 bits per heavy atom. The maximum absolute atomic E-state index is 5.08. The smallest absolute Gasteiger partial charge is 0.232 e. The number of anilines is 3. The number of halogens is 1. The molecule has 0 amide bonds. The van der Waals surface area contributed by atoms with Crippen molar-refractivity contribution in [2.45, 2.75) is 51.3 Å². The molecule has 0 saturated carbocycles. The van der Waals surface area contributed by atoms with Crippen molar-refractivity contribution >= 4 is 47.7 Å². The lowest BCUT2D eigenvalue weighted by Gasteiger charge is -2.31. The summed E-state index contributed by atoms with van der Waals surface area (Å²) in [6, 6.07) is 19.5. The van der Waals surface area contributed by atoms with Gasteiger partial charge in [-0.25, -0.2) is 4.98 Å². The summed E-state index contributed by atoms with van der Waals surface area (Å²) >= 11 is 1.79. The molecule has 1 aromatic heterocycles. The van der Waals surface area contributed by atoms with Gasteiger partial charge in [-0.15, -0.1) is 24.2 Å². The van der Waals surface area contributed by atoms with E-state index in [9.17, 15) is 0 Å². The predicted molar refractivity (Wildman–Crippen MR) is 155 cm³/mol. The topological polar surface area (TPSA) is 32.3 Å². The van der Waals surface area contributed by atoms with E-state index in [4.69, 9.17) is 9.97 Å². The Hall–Kier alpha value is -2.50. The van der Waals surface area contributed by atoms with E-state index < -0.39 is 0 Å². The first-order chi connectivity index (χ1) is 16.5. The first kappa shape index (κ1) is 27.1. The quantitative estimate of drug-likeness (QED) is 0.303. The number of aromatic nitrogens is 2. The number of nitrogens with zero attached hydrogens (tertiary/aromatic N) is 4. The molecule has 2 aromatic carbocycles. The van der Waals surface area contributed by atoms with E-state index in [0.29, 0.717) is 5.92 Å². The third-order valence-electron chi connectivity index (χ3n) is 6.36. The molecule has 0 atom stereocenters. The molecule has 0 aliphatic carbocycles. The lowest BCUT2D eigenvalue weighted by molar-refractivity contribution is 0.672. The van der Waals surface area contributed by atoms with Crippen molar-refractivity contribution in [3.63, 3.8) is 0 Å². The highest BCUT2D eigenvalue weighted by Crippen LogP contribution is 2.35. The summed E-state index contributed by atoms with van der Waals surface area (Å²) in [4.78, 5) is 15.9. The van der Waals surface area contributed by atoms with Crippen molar-refractivity contribution in [2.24, 2.45) is 0 Å². The predicted octanol–water partition coefficient (Wildman–Crippen LogP) is 7.89. The number of piperidine rings is 1. The van der Waals surface area contributed by atoms with E-state index in [-0.39, 0.29) is 12.4 Å². The molecule has 186 valence electrons. The molecule has 1 aliphatic heterocycles. The van der Waals surface area contributed by atoms with Gasteiger partial charge >= 0.3 is 0 Å². The van der Waals surface area contributed by atoms with Gasteiger partial charge < -0.3 is 9.80 Å². The molecule has 4 rings (SSSR count). The Balaban J connectivity index is 0.00000342. The van der Waals surface area contributed by atoms with Gasteiger partial charge in [-0.3, -0.25) is 0 Å². The molecule has 3 aromatic rings. The van der Waals surface area contributed by atoms with Crippen LogP contribution in [0.4, 0.5) is 17.5 Å². The van der Waals surface area contributed by atoms with E-state index in [0.717, 1.165) is 49.9 Å². The van der Waals surface area contributed by atoms with Crippen LogP contribution in [0.1, 0.15) is 56.4 Å². The minimum absolute atomic E-state index is 0. The third kappa shape index (κ3) is 6.59. The lowest BCUT2D eigenvalue weighted by Crippen LogP contribution is -2.32. The van der Waals surface area contributed by atoms with Crippen LogP contribution >= 0.6 is 24.2 Å². The van der Waals surface area contributed by atoms with Crippen LogP contribution in [0.2, 0.25) is 0 Å². The molecule has 4 nitrogen and oxygen atoms in total. The second-order valence-electron chi connectivity index (χ2n) is 9.24. The highest BCUT2D eigenvalue weighted by atomic mass is 35.5. The average Bonchev–Trinajstić information content (AvgIpc) is 2.85. The van der Waals surface area contributed by atoms with Gasteiger partial charge in [-0.2, -0.15) is 4.98 Å². The van der Waals surface area contributed by atoms with Gasteiger partial charge in [0.1, 0.15) is 5.82 Å². The Labute approximate surface area is 221 Å². The normalized spacial score (nSPS) is 14.8. The SMILES string of the molecule is CCN(c1nc(C)cc(N2CCC/C(=C\c3ccccc3)C2)n1)c1ccc(C(C)C)cc1SC.Cl. The molecule has 1 aliphatic rings. The second-order valence-corrected chi connectivity index (χ2v) is 10.1. The van der Waals surface area contributed by atoms with Crippen molar-refractivity contribution in [1.29, 1.82) is 0 Å². The number of thioether (sulfide) groups is 1. The van der Waals surface area contributed by atoms with Crippen LogP contribution in [0.5, 0.6) is 0 Å². The Kier molecular flexibility index (Phi) is 9.64. The summed E-state index contributed by atoms with van der Waals surface area (Å²) in [5.74, 6) is 2.31. The maximum atomic E-state index is 5.08. The fourth-order valence-electron chi connectivity index (χ4n) is 4.51. The van der Waals surface area contributed by atoms with Gasteiger partial charge in [0.2, 0.25) is 5.95 Å². The van der Waals surface area contributed by atoms with E-state index in [1.807, 2.05) is 0 Å². The van der Waals surface area contributed by atoms with Crippen molar-refractivity contribution in [3.8, 4) is 0 Å². The van der Waals surface area contributed by atoms with E-state index in [1.165, 1.54) is 27.3 Å². The zero-order valence-corrected chi connectivity index (χ0v) is 23.1. The monoisotopic (exact) mass is 508 g/mol. The molecule has 2 heterocycles. The second kappa shape index (κ2) is 12.5. The molecular formula is C29H37ClN4S. The van der Waals surface area contributed by atoms with Crippen LogP contribution < -0.4 is 9.80 Å². The van der Waals surface area contributed by atoms with Gasteiger partial charge in [0.05, 0.1) is 5.69 Å². The number of hydrogen-bond donors (Lipinski definition) is 0. The van der Waals surface area contributed by atoms with Gasteiger partial charge in [-0.1, -0.05) is 61.9 Å². The Bertz CT molecular complexity index is 1150. The number of aryl methyl sites for hydroxylation is 1. The first-order valence-corrected chi connectivity index (χ1v) is 13.5. The molecular weight excluding hydrogens is 472 g/mol. The zero-order valence-electron chi connectivity index (χ0n) is 21.5. The van der Waals surface area contributed by atoms with Crippen molar-refractivity contribution in [3.05, 3.63) is 77.0 Å². The molecule has 6 heteroatoms. The van der Waals surface area contributed by atoms with Crippen molar-refractivity contribution in [1.82, 2.24) is 9.97 Å². The summed E-state index contributed by atoms with van der Waals surface area (Å²) < 4.78 is 0. The van der Waals surface area contributed by atoms with Crippen LogP contribution in [0.25, 0.3) is 6.08 Å². The molecule has 0 radical (unpaired) electrons. The van der Waals surface area contributed by atoms with Crippen molar-refractivity contribution in [2.75, 3.05) is 35.7 Å². The van der Waals surface area contributed by atoms with Gasteiger partial charge in [0, 0.05) is 36.3 Å². The molecule has 0 N–H and O–H groups in total. The number of rotatable bonds is 7. The van der Waals surface area contributed by atoms with Gasteiger partial charge in [0.15, 0.2) is 0 Å². The third-order valence-corrected chi connectivity index (χ3v) is 7.13. The van der Waals surface area contributed by atoms with Crippen LogP contribution in [-0.2, 0) is 0 Å². The summed E-state index contributed by atoms with van der Waals surface area (Å²) in [5.41, 5.74) is 6.27. The fraction of sp³-hybridized carbons (Fsp3) is 0.379. The van der Waals surface area contributed by atoms with E-state index in [2.05, 4.69) is 104 Å². The van der Waals surface area contributed by atoms with Crippen LogP contribution in [-0.4, -0.2) is 35.9 Å². The van der Waals surface area contributed by atoms with Crippen LogP contribution in [0.15, 0.2) is 65.1 Å². The van der Waals surface area contributed by atoms with E-state index >= 15 is 0 Å². The van der Waals surface area contributed by atoms with Crippen LogP contribution in [0, 0.1) is 6.92 Å². The van der Waals surface area contributed by atoms with Gasteiger partial charge in [-0.05, 0) is 62.1 Å². The minimum atomic E-state index is 0. The Morgan fingerprint density at radius 1 is 1.09 bits per heavy atom. The average molecular weight is 509 g/mol. The molecule has 35 heavy (non-hydrogen) atoms. The highest BCUT2D eigenvalue weighted by molar-refractivity contribution is 7.98. The number of hydrogen-bond acceptors (Lipinski definition) is 5. The summed E-state index contributed by atoms with van der Waals surface area (Å²) in [7, 11) is 0. The minimum Gasteiger partial charge on any atom is -0.352 e. The zero-order chi connectivity index (χ0) is 24.1. The molecule has 1 saturated heterocycles. The van der Waals surface area contributed by atoms with Crippen LogP contribution in [0.3, 0.4) is 0 Å². The maximum Gasteiger partial charge on any atom is 0.232 e. The summed E-state index contributed by atoms with van der Waals surface area (Å²) in [5, 5.41) is 0. The largest absolute Gasteiger partial charge is 0.352 e. The molecule has 0 unspecified atom stereocenters. The first-order valence-electron chi connectivity index (χ1n) is 12.3. The Morgan fingerprint density at radius 2 is 1.86 bits per heavy atom. The molecule has 1 fully saturated rings. The molecule has 0 bridgehead atoms. The standard InChI is InChI=1S/C29H36N4S.ClH/c1-6-33(26-15-14-25(21(2)3)19-27(26)34-5)29-30-22(4)17-28(31-29)32-16-10-13-24(20-32)18-23-11-8-7-9-12-23;/h7-9,11-12,14-15,17-19,21H,6,10,13,16,20H2,1-5H3;1H/b24-18+;. The molecule has 0 spiro atoms. The van der Waals surface area contributed by atoms with Crippen molar-refractivity contribution < 1.29 is 0 Å². The lowest BCUT2D eigenvalue weighted by atomic mass is 10.0. The fourth-order valence-corrected chi connectivity index (χ4v) is 5.15. The van der Waals surface area contributed by atoms with E-state index in [1.54, 1.807) is 11.8 Å². The highest BCUT2D eigenvalue weighted by Gasteiger charge is 2.20.